The fraction of sp³-hybridized carbons (Fsp3) is 0.588. The standard InChI is InChI=1S/C17H24N6/c1-12-14(9-19-22-12)10-23-8-2-3-15(11-23)20-16-6-7-18-17(21-16)13-4-5-13/h6-7,9,13,15H,2-5,8,10-11H2,1H3,(H,19,22)(H,18,20,21). The Hall–Kier alpha value is -1.95. The van der Waals surface area contributed by atoms with Gasteiger partial charge in [0.1, 0.15) is 11.6 Å². The average molecular weight is 312 g/mol. The van der Waals surface area contributed by atoms with Crippen LogP contribution >= 0.6 is 0 Å². The zero-order valence-electron chi connectivity index (χ0n) is 13.6. The third-order valence-corrected chi connectivity index (χ3v) is 4.80. The van der Waals surface area contributed by atoms with Crippen molar-refractivity contribution >= 4 is 5.82 Å². The van der Waals surface area contributed by atoms with Crippen LogP contribution in [0.25, 0.3) is 0 Å². The molecule has 0 aromatic carbocycles. The van der Waals surface area contributed by atoms with Crippen molar-refractivity contribution in [3.63, 3.8) is 0 Å². The molecule has 1 atom stereocenters. The highest BCUT2D eigenvalue weighted by molar-refractivity contribution is 5.35. The number of nitrogens with one attached hydrogen (secondary N) is 2. The summed E-state index contributed by atoms with van der Waals surface area (Å²) in [5.41, 5.74) is 2.47. The van der Waals surface area contributed by atoms with Crippen LogP contribution in [0.4, 0.5) is 5.82 Å². The van der Waals surface area contributed by atoms with E-state index in [2.05, 4.69) is 37.3 Å². The molecule has 23 heavy (non-hydrogen) atoms. The van der Waals surface area contributed by atoms with Gasteiger partial charge in [-0.25, -0.2) is 9.97 Å². The zero-order valence-corrected chi connectivity index (χ0v) is 13.6. The number of likely N-dealkylation sites (tertiary alicyclic amines) is 1. The molecule has 0 radical (unpaired) electrons. The molecule has 1 unspecified atom stereocenters. The lowest BCUT2D eigenvalue weighted by Crippen LogP contribution is -2.41. The summed E-state index contributed by atoms with van der Waals surface area (Å²) in [5.74, 6) is 2.59. The number of nitrogens with zero attached hydrogens (tertiary/aromatic N) is 4. The van der Waals surface area contributed by atoms with E-state index in [0.29, 0.717) is 12.0 Å². The number of anilines is 1. The summed E-state index contributed by atoms with van der Waals surface area (Å²) in [4.78, 5) is 11.6. The van der Waals surface area contributed by atoms with E-state index in [1.54, 1.807) is 0 Å². The van der Waals surface area contributed by atoms with E-state index in [-0.39, 0.29) is 0 Å². The fourth-order valence-corrected chi connectivity index (χ4v) is 3.29. The van der Waals surface area contributed by atoms with E-state index in [1.807, 2.05) is 18.5 Å². The Kier molecular flexibility index (Phi) is 3.99. The minimum atomic E-state index is 0.456. The van der Waals surface area contributed by atoms with Crippen molar-refractivity contribution in [2.75, 3.05) is 18.4 Å². The summed E-state index contributed by atoms with van der Waals surface area (Å²) in [6.07, 6.45) is 8.73. The fourth-order valence-electron chi connectivity index (χ4n) is 3.29. The summed E-state index contributed by atoms with van der Waals surface area (Å²) in [6.45, 7) is 5.26. The molecule has 2 aromatic rings. The van der Waals surface area contributed by atoms with Crippen molar-refractivity contribution in [2.45, 2.75) is 51.1 Å². The van der Waals surface area contributed by atoms with E-state index < -0.39 is 0 Å². The van der Waals surface area contributed by atoms with Crippen molar-refractivity contribution in [3.05, 3.63) is 35.5 Å². The van der Waals surface area contributed by atoms with Crippen LogP contribution in [-0.2, 0) is 6.54 Å². The number of hydrogen-bond donors (Lipinski definition) is 2. The van der Waals surface area contributed by atoms with Gasteiger partial charge in [-0.1, -0.05) is 0 Å². The lowest BCUT2D eigenvalue weighted by atomic mass is 10.0. The van der Waals surface area contributed by atoms with Crippen LogP contribution < -0.4 is 5.32 Å². The van der Waals surface area contributed by atoms with Crippen LogP contribution in [0, 0.1) is 6.92 Å². The summed E-state index contributed by atoms with van der Waals surface area (Å²) in [7, 11) is 0. The van der Waals surface area contributed by atoms with Gasteiger partial charge in [0.25, 0.3) is 0 Å². The highest BCUT2D eigenvalue weighted by Crippen LogP contribution is 2.38. The van der Waals surface area contributed by atoms with Crippen LogP contribution in [0.1, 0.15) is 48.7 Å². The molecule has 1 saturated heterocycles. The summed E-state index contributed by atoms with van der Waals surface area (Å²) < 4.78 is 0. The van der Waals surface area contributed by atoms with Gasteiger partial charge in [-0.05, 0) is 45.2 Å². The first-order valence-corrected chi connectivity index (χ1v) is 8.58. The molecule has 3 heterocycles. The number of H-pyrrole nitrogens is 1. The Labute approximate surface area is 136 Å². The minimum absolute atomic E-state index is 0.456. The molecule has 4 rings (SSSR count). The zero-order chi connectivity index (χ0) is 15.6. The number of aryl methyl sites for hydroxylation is 1. The monoisotopic (exact) mass is 312 g/mol. The van der Waals surface area contributed by atoms with E-state index in [4.69, 9.17) is 0 Å². The second kappa shape index (κ2) is 6.28. The van der Waals surface area contributed by atoms with Crippen molar-refractivity contribution in [3.8, 4) is 0 Å². The number of aromatic nitrogens is 4. The van der Waals surface area contributed by atoms with Gasteiger partial charge in [-0.3, -0.25) is 10.00 Å². The number of piperidine rings is 1. The smallest absolute Gasteiger partial charge is 0.133 e. The minimum Gasteiger partial charge on any atom is -0.366 e. The highest BCUT2D eigenvalue weighted by Gasteiger charge is 2.27. The van der Waals surface area contributed by atoms with Crippen molar-refractivity contribution in [1.82, 2.24) is 25.1 Å². The lowest BCUT2D eigenvalue weighted by Gasteiger charge is -2.33. The summed E-state index contributed by atoms with van der Waals surface area (Å²) in [6, 6.07) is 2.45. The van der Waals surface area contributed by atoms with Crippen molar-refractivity contribution in [1.29, 1.82) is 0 Å². The van der Waals surface area contributed by atoms with Gasteiger partial charge in [0.05, 0.1) is 6.20 Å². The lowest BCUT2D eigenvalue weighted by molar-refractivity contribution is 0.208. The van der Waals surface area contributed by atoms with Gasteiger partial charge >= 0.3 is 0 Å². The van der Waals surface area contributed by atoms with Crippen molar-refractivity contribution in [2.24, 2.45) is 0 Å². The van der Waals surface area contributed by atoms with Crippen LogP contribution in [0.15, 0.2) is 18.5 Å². The maximum atomic E-state index is 4.69. The average Bonchev–Trinajstić information content (AvgIpc) is 3.33. The predicted octanol–water partition coefficient (Wildman–Crippen LogP) is 2.46. The highest BCUT2D eigenvalue weighted by atomic mass is 15.2. The van der Waals surface area contributed by atoms with Crippen molar-refractivity contribution < 1.29 is 0 Å². The normalized spacial score (nSPS) is 22.2. The Bertz CT molecular complexity index is 663. The third kappa shape index (κ3) is 3.52. The van der Waals surface area contributed by atoms with Gasteiger partial charge in [0, 0.05) is 42.5 Å². The molecule has 2 aromatic heterocycles. The topological polar surface area (TPSA) is 69.7 Å². The molecule has 2 aliphatic rings. The second-order valence-electron chi connectivity index (χ2n) is 6.81. The molecule has 0 amide bonds. The Balaban J connectivity index is 1.37. The van der Waals surface area contributed by atoms with E-state index in [0.717, 1.165) is 31.3 Å². The summed E-state index contributed by atoms with van der Waals surface area (Å²) >= 11 is 0. The molecule has 2 N–H and O–H groups in total. The molecule has 0 bridgehead atoms. The molecule has 1 saturated carbocycles. The molecular formula is C17H24N6. The van der Waals surface area contributed by atoms with E-state index in [1.165, 1.54) is 36.9 Å². The predicted molar refractivity (Wildman–Crippen MR) is 89.3 cm³/mol. The quantitative estimate of drug-likeness (QED) is 0.887. The molecule has 6 nitrogen and oxygen atoms in total. The third-order valence-electron chi connectivity index (χ3n) is 4.80. The van der Waals surface area contributed by atoms with E-state index in [9.17, 15) is 0 Å². The second-order valence-corrected chi connectivity index (χ2v) is 6.81. The Morgan fingerprint density at radius 2 is 2.26 bits per heavy atom. The molecule has 122 valence electrons. The SMILES string of the molecule is Cc1[nH]ncc1CN1CCCC(Nc2ccnc(C3CC3)n2)C1. The molecular weight excluding hydrogens is 288 g/mol. The van der Waals surface area contributed by atoms with Crippen LogP contribution in [0.2, 0.25) is 0 Å². The maximum Gasteiger partial charge on any atom is 0.133 e. The molecule has 1 aliphatic heterocycles. The summed E-state index contributed by atoms with van der Waals surface area (Å²) in [5, 5.41) is 10.8. The molecule has 0 spiro atoms. The molecule has 1 aliphatic carbocycles. The molecule has 2 fully saturated rings. The van der Waals surface area contributed by atoms with Crippen LogP contribution in [0.3, 0.4) is 0 Å². The van der Waals surface area contributed by atoms with E-state index >= 15 is 0 Å². The van der Waals surface area contributed by atoms with Gasteiger partial charge in [0.15, 0.2) is 0 Å². The molecule has 6 heteroatoms. The first-order valence-electron chi connectivity index (χ1n) is 8.58. The Morgan fingerprint density at radius 1 is 1.35 bits per heavy atom. The maximum absolute atomic E-state index is 4.69. The number of aromatic amines is 1. The largest absolute Gasteiger partial charge is 0.366 e. The number of rotatable bonds is 5. The van der Waals surface area contributed by atoms with Crippen LogP contribution in [0.5, 0.6) is 0 Å². The first-order chi connectivity index (χ1) is 11.3. The number of hydrogen-bond acceptors (Lipinski definition) is 5. The van der Waals surface area contributed by atoms with Crippen LogP contribution in [-0.4, -0.2) is 44.2 Å². The van der Waals surface area contributed by atoms with Gasteiger partial charge < -0.3 is 5.32 Å². The first kappa shape index (κ1) is 14.6. The Morgan fingerprint density at radius 3 is 3.04 bits per heavy atom. The van der Waals surface area contributed by atoms with Gasteiger partial charge in [-0.2, -0.15) is 5.10 Å². The van der Waals surface area contributed by atoms with Gasteiger partial charge in [0.2, 0.25) is 0 Å². The van der Waals surface area contributed by atoms with Gasteiger partial charge in [-0.15, -0.1) is 0 Å².